The minimum atomic E-state index is -0.816. The van der Waals surface area contributed by atoms with Gasteiger partial charge in [0, 0.05) is 12.1 Å². The average Bonchev–Trinajstić information content (AvgIpc) is 3.02. The maximum atomic E-state index is 12.2. The molecule has 2 rings (SSSR count). The van der Waals surface area contributed by atoms with Gasteiger partial charge in [-0.2, -0.15) is 11.3 Å². The van der Waals surface area contributed by atoms with Gasteiger partial charge in [-0.15, -0.1) is 0 Å². The molecule has 0 bridgehead atoms. The van der Waals surface area contributed by atoms with Gasteiger partial charge in [0.1, 0.15) is 0 Å². The van der Waals surface area contributed by atoms with Crippen molar-refractivity contribution in [2.45, 2.75) is 39.7 Å². The number of benzene rings is 1. The lowest BCUT2D eigenvalue weighted by Crippen LogP contribution is -2.30. The van der Waals surface area contributed by atoms with Crippen LogP contribution in [0.15, 0.2) is 35.0 Å². The number of nitrogens with one attached hydrogen (secondary N) is 1. The molecule has 0 unspecified atom stereocenters. The van der Waals surface area contributed by atoms with Crippen molar-refractivity contribution in [3.63, 3.8) is 0 Å². The topological polar surface area (TPSA) is 55.4 Å². The van der Waals surface area contributed by atoms with Gasteiger partial charge in [0.05, 0.1) is 0 Å². The van der Waals surface area contributed by atoms with E-state index in [4.69, 9.17) is 4.74 Å². The molecule has 2 aromatic rings. The number of thiophene rings is 1. The number of ether oxygens (including phenoxy) is 1. The number of aryl methyl sites for hydroxylation is 3. The van der Waals surface area contributed by atoms with Crippen LogP contribution in [0.2, 0.25) is 0 Å². The molecule has 1 amide bonds. The molecule has 0 aliphatic carbocycles. The van der Waals surface area contributed by atoms with Crippen LogP contribution in [0.4, 0.5) is 5.69 Å². The van der Waals surface area contributed by atoms with Gasteiger partial charge in [0.25, 0.3) is 5.91 Å². The van der Waals surface area contributed by atoms with Gasteiger partial charge >= 0.3 is 5.97 Å². The highest BCUT2D eigenvalue weighted by Gasteiger charge is 2.19. The molecular formula is C18H21NO3S. The van der Waals surface area contributed by atoms with Crippen LogP contribution in [0.25, 0.3) is 0 Å². The molecule has 0 radical (unpaired) electrons. The highest BCUT2D eigenvalue weighted by molar-refractivity contribution is 7.07. The minimum Gasteiger partial charge on any atom is -0.453 e. The zero-order valence-corrected chi connectivity index (χ0v) is 14.4. The molecule has 1 atom stereocenters. The summed E-state index contributed by atoms with van der Waals surface area (Å²) in [5.41, 5.74) is 3.85. The molecule has 0 spiro atoms. The Morgan fingerprint density at radius 1 is 1.22 bits per heavy atom. The smallest absolute Gasteiger partial charge is 0.306 e. The fraction of sp³-hybridized carbons (Fsp3) is 0.333. The first kappa shape index (κ1) is 17.2. The first-order chi connectivity index (χ1) is 11.0. The zero-order valence-electron chi connectivity index (χ0n) is 13.6. The number of rotatable bonds is 6. The van der Waals surface area contributed by atoms with Crippen molar-refractivity contribution in [1.29, 1.82) is 0 Å². The molecule has 1 N–H and O–H groups in total. The van der Waals surface area contributed by atoms with Crippen molar-refractivity contribution >= 4 is 28.9 Å². The van der Waals surface area contributed by atoms with Crippen molar-refractivity contribution in [2.24, 2.45) is 0 Å². The van der Waals surface area contributed by atoms with Crippen LogP contribution in [0.5, 0.6) is 0 Å². The molecule has 0 aliphatic heterocycles. The fourth-order valence-electron chi connectivity index (χ4n) is 2.23. The summed E-state index contributed by atoms with van der Waals surface area (Å²) >= 11 is 1.60. The molecule has 23 heavy (non-hydrogen) atoms. The maximum absolute atomic E-state index is 12.2. The number of esters is 1. The zero-order chi connectivity index (χ0) is 16.8. The average molecular weight is 331 g/mol. The van der Waals surface area contributed by atoms with Crippen LogP contribution in [-0.4, -0.2) is 18.0 Å². The van der Waals surface area contributed by atoms with Crippen LogP contribution < -0.4 is 5.32 Å². The summed E-state index contributed by atoms with van der Waals surface area (Å²) in [7, 11) is 0. The first-order valence-corrected chi connectivity index (χ1v) is 8.49. The van der Waals surface area contributed by atoms with Gasteiger partial charge in [-0.1, -0.05) is 18.2 Å². The van der Waals surface area contributed by atoms with E-state index >= 15 is 0 Å². The van der Waals surface area contributed by atoms with E-state index in [1.54, 1.807) is 18.3 Å². The maximum Gasteiger partial charge on any atom is 0.306 e. The van der Waals surface area contributed by atoms with Gasteiger partial charge in [0.2, 0.25) is 0 Å². The Hall–Kier alpha value is -2.14. The number of anilines is 1. The second-order valence-corrected chi connectivity index (χ2v) is 6.30. The van der Waals surface area contributed by atoms with Gasteiger partial charge in [0.15, 0.2) is 6.10 Å². The van der Waals surface area contributed by atoms with Crippen molar-refractivity contribution < 1.29 is 14.3 Å². The van der Waals surface area contributed by atoms with E-state index in [0.29, 0.717) is 6.42 Å². The summed E-state index contributed by atoms with van der Waals surface area (Å²) in [6.45, 7) is 5.45. The van der Waals surface area contributed by atoms with Gasteiger partial charge < -0.3 is 10.1 Å². The number of amides is 1. The number of carbonyl (C=O) groups is 2. The van der Waals surface area contributed by atoms with E-state index < -0.39 is 6.10 Å². The Morgan fingerprint density at radius 2 is 1.91 bits per heavy atom. The predicted octanol–water partition coefficient (Wildman–Crippen LogP) is 3.87. The van der Waals surface area contributed by atoms with E-state index in [2.05, 4.69) is 5.32 Å². The molecule has 0 saturated heterocycles. The van der Waals surface area contributed by atoms with Crippen LogP contribution in [0, 0.1) is 13.8 Å². The molecule has 5 heteroatoms. The Morgan fingerprint density at radius 3 is 2.52 bits per heavy atom. The Balaban J connectivity index is 1.86. The lowest BCUT2D eigenvalue weighted by molar-refractivity contribution is -0.153. The highest BCUT2D eigenvalue weighted by atomic mass is 32.1. The lowest BCUT2D eigenvalue weighted by Gasteiger charge is -2.16. The Labute approximate surface area is 140 Å². The summed E-state index contributed by atoms with van der Waals surface area (Å²) in [6, 6.07) is 7.78. The number of carbonyl (C=O) groups excluding carboxylic acids is 2. The monoisotopic (exact) mass is 331 g/mol. The number of hydrogen-bond acceptors (Lipinski definition) is 4. The van der Waals surface area contributed by atoms with Crippen molar-refractivity contribution in [3.05, 3.63) is 51.7 Å². The van der Waals surface area contributed by atoms with E-state index in [-0.39, 0.29) is 18.3 Å². The molecule has 0 aliphatic rings. The van der Waals surface area contributed by atoms with Gasteiger partial charge in [-0.05, 0) is 60.7 Å². The minimum absolute atomic E-state index is 0.276. The van der Waals surface area contributed by atoms with Crippen molar-refractivity contribution in [3.8, 4) is 0 Å². The molecule has 1 heterocycles. The molecule has 1 aromatic heterocycles. The molecule has 1 aromatic carbocycles. The molecule has 4 nitrogen and oxygen atoms in total. The second kappa shape index (κ2) is 7.92. The summed E-state index contributed by atoms with van der Waals surface area (Å²) in [5.74, 6) is -0.674. The van der Waals surface area contributed by atoms with E-state index in [1.807, 2.05) is 48.9 Å². The summed E-state index contributed by atoms with van der Waals surface area (Å²) < 4.78 is 5.21. The Kier molecular flexibility index (Phi) is 5.93. The number of para-hydroxylation sites is 1. The standard InChI is InChI=1S/C18H21NO3S/c1-12-5-4-6-13(2)17(12)19-18(21)14(3)22-16(20)8-7-15-9-10-23-11-15/h4-6,9-11,14H,7-8H2,1-3H3,(H,19,21)/t14-/m1/s1. The normalized spacial score (nSPS) is 11.8. The van der Waals surface area contributed by atoms with E-state index in [0.717, 1.165) is 22.4 Å². The van der Waals surface area contributed by atoms with Crippen LogP contribution >= 0.6 is 11.3 Å². The molecular weight excluding hydrogens is 310 g/mol. The number of hydrogen-bond donors (Lipinski definition) is 1. The summed E-state index contributed by atoms with van der Waals surface area (Å²) in [5, 5.41) is 6.82. The summed E-state index contributed by atoms with van der Waals surface area (Å²) in [6.07, 6.45) is 0.0923. The fourth-order valence-corrected chi connectivity index (χ4v) is 2.93. The molecule has 0 saturated carbocycles. The third-order valence-electron chi connectivity index (χ3n) is 3.60. The predicted molar refractivity (Wildman–Crippen MR) is 92.7 cm³/mol. The van der Waals surface area contributed by atoms with Crippen LogP contribution in [0.3, 0.4) is 0 Å². The third kappa shape index (κ3) is 4.93. The van der Waals surface area contributed by atoms with Crippen molar-refractivity contribution in [1.82, 2.24) is 0 Å². The molecule has 122 valence electrons. The quantitative estimate of drug-likeness (QED) is 0.818. The largest absolute Gasteiger partial charge is 0.453 e. The van der Waals surface area contributed by atoms with Crippen LogP contribution in [-0.2, 0) is 20.7 Å². The van der Waals surface area contributed by atoms with Gasteiger partial charge in [-0.25, -0.2) is 0 Å². The molecule has 0 fully saturated rings. The van der Waals surface area contributed by atoms with E-state index in [1.165, 1.54) is 0 Å². The van der Waals surface area contributed by atoms with Gasteiger partial charge in [-0.3, -0.25) is 9.59 Å². The Bertz CT molecular complexity index is 659. The van der Waals surface area contributed by atoms with Crippen LogP contribution in [0.1, 0.15) is 30.0 Å². The summed E-state index contributed by atoms with van der Waals surface area (Å²) in [4.78, 5) is 24.0. The first-order valence-electron chi connectivity index (χ1n) is 7.55. The van der Waals surface area contributed by atoms with Crippen molar-refractivity contribution in [2.75, 3.05) is 5.32 Å². The SMILES string of the molecule is Cc1cccc(C)c1NC(=O)[C@@H](C)OC(=O)CCc1ccsc1. The van der Waals surface area contributed by atoms with E-state index in [9.17, 15) is 9.59 Å². The third-order valence-corrected chi connectivity index (χ3v) is 4.34. The lowest BCUT2D eigenvalue weighted by atomic mass is 10.1. The second-order valence-electron chi connectivity index (χ2n) is 5.52. The highest BCUT2D eigenvalue weighted by Crippen LogP contribution is 2.20.